The van der Waals surface area contributed by atoms with E-state index >= 15 is 0 Å². The predicted molar refractivity (Wildman–Crippen MR) is 60.2 cm³/mol. The molecule has 1 N–H and O–H groups in total. The van der Waals surface area contributed by atoms with Gasteiger partial charge in [-0.3, -0.25) is 4.99 Å². The maximum atomic E-state index is 5.05. The number of methoxy groups -OCH3 is 1. The Bertz CT molecular complexity index is 291. The molecule has 14 heavy (non-hydrogen) atoms. The van der Waals surface area contributed by atoms with E-state index in [1.54, 1.807) is 13.4 Å². The summed E-state index contributed by atoms with van der Waals surface area (Å²) in [5, 5.41) is 3.08. The van der Waals surface area contributed by atoms with Crippen molar-refractivity contribution in [2.24, 2.45) is 4.99 Å². The zero-order valence-corrected chi connectivity index (χ0v) is 8.82. The van der Waals surface area contributed by atoms with Crippen LogP contribution in [0.2, 0.25) is 0 Å². The first-order chi connectivity index (χ1) is 6.72. The lowest BCUT2D eigenvalue weighted by atomic mass is 10.3. The third kappa shape index (κ3) is 3.47. The van der Waals surface area contributed by atoms with Crippen LogP contribution in [0.4, 0.5) is 5.69 Å². The monoisotopic (exact) mass is 192 g/mol. The van der Waals surface area contributed by atoms with Crippen LogP contribution in [0.3, 0.4) is 0 Å². The van der Waals surface area contributed by atoms with Gasteiger partial charge in [0.2, 0.25) is 0 Å². The molecule has 0 spiro atoms. The number of nitrogens with zero attached hydrogens (tertiary/aromatic N) is 1. The molecule has 1 aromatic carbocycles. The van der Waals surface area contributed by atoms with Crippen LogP contribution >= 0.6 is 0 Å². The molecule has 76 valence electrons. The van der Waals surface area contributed by atoms with Gasteiger partial charge in [0.05, 0.1) is 13.4 Å². The largest absolute Gasteiger partial charge is 0.497 e. The Morgan fingerprint density at radius 3 is 2.43 bits per heavy atom. The van der Waals surface area contributed by atoms with Crippen LogP contribution in [-0.2, 0) is 0 Å². The molecule has 0 saturated carbocycles. The molecule has 0 aliphatic carbocycles. The fraction of sp³-hybridized carbons (Fsp3) is 0.364. The Morgan fingerprint density at radius 1 is 1.29 bits per heavy atom. The molecule has 0 amide bonds. The molecule has 0 bridgehead atoms. The third-order valence-electron chi connectivity index (χ3n) is 1.69. The van der Waals surface area contributed by atoms with E-state index in [4.69, 9.17) is 4.74 Å². The van der Waals surface area contributed by atoms with E-state index < -0.39 is 0 Å². The minimum Gasteiger partial charge on any atom is -0.497 e. The molecule has 0 atom stereocenters. The van der Waals surface area contributed by atoms with Crippen LogP contribution in [0, 0.1) is 0 Å². The smallest absolute Gasteiger partial charge is 0.119 e. The second kappa shape index (κ2) is 5.27. The zero-order valence-electron chi connectivity index (χ0n) is 8.82. The molecule has 0 radical (unpaired) electrons. The van der Waals surface area contributed by atoms with Crippen molar-refractivity contribution in [2.75, 3.05) is 12.4 Å². The van der Waals surface area contributed by atoms with Crippen molar-refractivity contribution in [1.82, 2.24) is 0 Å². The van der Waals surface area contributed by atoms with Crippen molar-refractivity contribution < 1.29 is 4.74 Å². The highest BCUT2D eigenvalue weighted by atomic mass is 16.5. The molecule has 0 aromatic heterocycles. The van der Waals surface area contributed by atoms with Gasteiger partial charge in [-0.2, -0.15) is 0 Å². The topological polar surface area (TPSA) is 33.6 Å². The van der Waals surface area contributed by atoms with Crippen molar-refractivity contribution >= 4 is 12.0 Å². The van der Waals surface area contributed by atoms with E-state index in [1.165, 1.54) is 0 Å². The van der Waals surface area contributed by atoms with Gasteiger partial charge in [-0.1, -0.05) is 0 Å². The van der Waals surface area contributed by atoms with Gasteiger partial charge in [0, 0.05) is 11.7 Å². The van der Waals surface area contributed by atoms with Gasteiger partial charge in [0.15, 0.2) is 0 Å². The van der Waals surface area contributed by atoms with Crippen molar-refractivity contribution in [3.05, 3.63) is 24.3 Å². The first-order valence-corrected chi connectivity index (χ1v) is 4.64. The fourth-order valence-electron chi connectivity index (χ4n) is 0.948. The summed E-state index contributed by atoms with van der Waals surface area (Å²) in [7, 11) is 1.66. The lowest BCUT2D eigenvalue weighted by Crippen LogP contribution is -1.98. The predicted octanol–water partition coefficient (Wildman–Crippen LogP) is 2.54. The van der Waals surface area contributed by atoms with Crippen molar-refractivity contribution in [1.29, 1.82) is 0 Å². The van der Waals surface area contributed by atoms with Gasteiger partial charge in [0.1, 0.15) is 5.75 Å². The fourth-order valence-corrected chi connectivity index (χ4v) is 0.948. The van der Waals surface area contributed by atoms with Gasteiger partial charge in [-0.25, -0.2) is 0 Å². The second-order valence-electron chi connectivity index (χ2n) is 3.24. The first kappa shape index (κ1) is 10.6. The second-order valence-corrected chi connectivity index (χ2v) is 3.24. The standard InChI is InChI=1S/C11H16N2O/c1-9(2)12-8-13-10-4-6-11(14-3)7-5-10/h4-9H,1-3H3,(H,12,13). The minimum atomic E-state index is 0.320. The molecule has 3 nitrogen and oxygen atoms in total. The molecule has 0 aliphatic rings. The molecule has 0 aliphatic heterocycles. The quantitative estimate of drug-likeness (QED) is 0.587. The Kier molecular flexibility index (Phi) is 3.98. The minimum absolute atomic E-state index is 0.320. The van der Waals surface area contributed by atoms with Gasteiger partial charge in [-0.05, 0) is 38.1 Å². The molecule has 1 rings (SSSR count). The average molecular weight is 192 g/mol. The highest BCUT2D eigenvalue weighted by Crippen LogP contribution is 2.14. The molecule has 0 unspecified atom stereocenters. The molecule has 0 saturated heterocycles. The number of anilines is 1. The van der Waals surface area contributed by atoms with E-state index in [2.05, 4.69) is 10.3 Å². The normalized spacial score (nSPS) is 10.9. The van der Waals surface area contributed by atoms with Crippen LogP contribution < -0.4 is 10.1 Å². The highest BCUT2D eigenvalue weighted by molar-refractivity contribution is 5.75. The average Bonchev–Trinajstić information content (AvgIpc) is 2.18. The van der Waals surface area contributed by atoms with Crippen LogP contribution in [0.5, 0.6) is 5.75 Å². The van der Waals surface area contributed by atoms with E-state index in [1.807, 2.05) is 38.1 Å². The number of ether oxygens (including phenoxy) is 1. The Morgan fingerprint density at radius 2 is 1.93 bits per heavy atom. The van der Waals surface area contributed by atoms with Crippen molar-refractivity contribution in [2.45, 2.75) is 19.9 Å². The van der Waals surface area contributed by atoms with Crippen molar-refractivity contribution in [3.8, 4) is 5.75 Å². The summed E-state index contributed by atoms with van der Waals surface area (Å²) in [5.74, 6) is 0.858. The molecule has 0 heterocycles. The summed E-state index contributed by atoms with van der Waals surface area (Å²) >= 11 is 0. The molecule has 3 heteroatoms. The van der Waals surface area contributed by atoms with E-state index in [0.717, 1.165) is 11.4 Å². The van der Waals surface area contributed by atoms with Crippen LogP contribution in [0.25, 0.3) is 0 Å². The SMILES string of the molecule is COc1ccc(NC=NC(C)C)cc1. The van der Waals surface area contributed by atoms with E-state index in [-0.39, 0.29) is 0 Å². The molecule has 0 fully saturated rings. The van der Waals surface area contributed by atoms with Crippen LogP contribution in [0.15, 0.2) is 29.3 Å². The summed E-state index contributed by atoms with van der Waals surface area (Å²) in [4.78, 5) is 4.20. The van der Waals surface area contributed by atoms with Gasteiger partial charge in [0.25, 0.3) is 0 Å². The van der Waals surface area contributed by atoms with Crippen LogP contribution in [-0.4, -0.2) is 19.5 Å². The van der Waals surface area contributed by atoms with E-state index in [9.17, 15) is 0 Å². The summed E-state index contributed by atoms with van der Waals surface area (Å²) in [5.41, 5.74) is 1.01. The lowest BCUT2D eigenvalue weighted by Gasteiger charge is -2.02. The number of hydrogen-bond acceptors (Lipinski definition) is 2. The molecular weight excluding hydrogens is 176 g/mol. The Labute approximate surface area is 84.8 Å². The number of nitrogens with one attached hydrogen (secondary N) is 1. The van der Waals surface area contributed by atoms with Gasteiger partial charge >= 0.3 is 0 Å². The van der Waals surface area contributed by atoms with Gasteiger partial charge in [-0.15, -0.1) is 0 Å². The molecule has 1 aromatic rings. The number of benzene rings is 1. The van der Waals surface area contributed by atoms with Crippen molar-refractivity contribution in [3.63, 3.8) is 0 Å². The van der Waals surface area contributed by atoms with E-state index in [0.29, 0.717) is 6.04 Å². The first-order valence-electron chi connectivity index (χ1n) is 4.64. The van der Waals surface area contributed by atoms with Crippen LogP contribution in [0.1, 0.15) is 13.8 Å². The highest BCUT2D eigenvalue weighted by Gasteiger charge is 1.91. The Hall–Kier alpha value is -1.51. The summed E-state index contributed by atoms with van der Waals surface area (Å²) < 4.78 is 5.05. The number of hydrogen-bond donors (Lipinski definition) is 1. The number of aliphatic imine (C=N–C) groups is 1. The van der Waals surface area contributed by atoms with Gasteiger partial charge < -0.3 is 10.1 Å². The third-order valence-corrected chi connectivity index (χ3v) is 1.69. The summed E-state index contributed by atoms with van der Waals surface area (Å²) in [6.07, 6.45) is 1.71. The summed E-state index contributed by atoms with van der Waals surface area (Å²) in [6.45, 7) is 4.07. The lowest BCUT2D eigenvalue weighted by molar-refractivity contribution is 0.415. The Balaban J connectivity index is 2.52. The maximum absolute atomic E-state index is 5.05. The summed E-state index contributed by atoms with van der Waals surface area (Å²) in [6, 6.07) is 8.04. The zero-order chi connectivity index (χ0) is 10.4. The number of rotatable bonds is 4. The maximum Gasteiger partial charge on any atom is 0.119 e. The molecular formula is C11H16N2O.